The molecule has 0 spiro atoms. The summed E-state index contributed by atoms with van der Waals surface area (Å²) >= 11 is 0. The van der Waals surface area contributed by atoms with Crippen LogP contribution in [0.15, 0.2) is 21.9 Å². The van der Waals surface area contributed by atoms with Gasteiger partial charge < -0.3 is 27.2 Å². The van der Waals surface area contributed by atoms with Crippen molar-refractivity contribution in [2.75, 3.05) is 13.2 Å². The Morgan fingerprint density at radius 1 is 0.976 bits per heavy atom. The van der Waals surface area contributed by atoms with Gasteiger partial charge in [-0.05, 0) is 29.1 Å². The standard InChI is InChI=1S/C28H48N2O9Si2/c1-17(2)40(18(3)4)36-16-23-25(38-41(39-40,19(5)6)20(7)8)26(35-15-13-22(32)11-10-21(9)31)27(37-23)30-14-12-24(33)29-28(30)34/h12,14,17-20,23,25-27H,10-11,13,15-16H2,1-9H3,(H,29,33,34)/t23-,25-,26-,27-/m1/s1. The monoisotopic (exact) mass is 612 g/mol. The number of aromatic amines is 1. The van der Waals surface area contributed by atoms with E-state index in [4.69, 9.17) is 22.4 Å². The fourth-order valence-corrected chi connectivity index (χ4v) is 17.1. The number of carbonyl (C=O) groups is 2. The van der Waals surface area contributed by atoms with E-state index >= 15 is 0 Å². The van der Waals surface area contributed by atoms with Gasteiger partial charge in [-0.3, -0.25) is 19.1 Å². The highest BCUT2D eigenvalue weighted by atomic mass is 28.5. The maximum absolute atomic E-state index is 12.9. The number of nitrogens with zero attached hydrogens (tertiary/aromatic N) is 1. The number of fused-ring (bicyclic) bond motifs is 1. The number of ether oxygens (including phenoxy) is 2. The molecule has 2 aliphatic heterocycles. The van der Waals surface area contributed by atoms with Crippen molar-refractivity contribution in [3.63, 3.8) is 0 Å². The lowest BCUT2D eigenvalue weighted by Crippen LogP contribution is -2.66. The summed E-state index contributed by atoms with van der Waals surface area (Å²) in [5.74, 6) is -0.130. The first kappa shape index (κ1) is 33.8. The Morgan fingerprint density at radius 2 is 1.59 bits per heavy atom. The van der Waals surface area contributed by atoms with Crippen molar-refractivity contribution in [1.82, 2.24) is 9.55 Å². The third kappa shape index (κ3) is 7.25. The Bertz CT molecular complexity index is 1160. The predicted molar refractivity (Wildman–Crippen MR) is 158 cm³/mol. The van der Waals surface area contributed by atoms with Crippen molar-refractivity contribution < 1.29 is 32.0 Å². The molecule has 0 unspecified atom stereocenters. The van der Waals surface area contributed by atoms with E-state index < -0.39 is 52.9 Å². The minimum Gasteiger partial charge on any atom is -0.414 e. The number of hydrogen-bond donors (Lipinski definition) is 1. The highest BCUT2D eigenvalue weighted by molar-refractivity contribution is 6.84. The number of Topliss-reactive ketones (excluding diaryl/α,β-unsaturated/α-hetero) is 2. The molecule has 11 nitrogen and oxygen atoms in total. The van der Waals surface area contributed by atoms with Gasteiger partial charge in [0.2, 0.25) is 0 Å². The van der Waals surface area contributed by atoms with Crippen LogP contribution in [-0.2, 0) is 32.0 Å². The van der Waals surface area contributed by atoms with Gasteiger partial charge in [0.25, 0.3) is 5.56 Å². The van der Waals surface area contributed by atoms with Gasteiger partial charge in [0.15, 0.2) is 6.23 Å². The molecule has 1 N–H and O–H groups in total. The molecular formula is C28H48N2O9Si2. The number of ketones is 2. The van der Waals surface area contributed by atoms with E-state index in [1.165, 1.54) is 23.8 Å². The van der Waals surface area contributed by atoms with E-state index in [0.29, 0.717) is 0 Å². The fourth-order valence-electron chi connectivity index (χ4n) is 5.90. The van der Waals surface area contributed by atoms with Crippen molar-refractivity contribution in [3.8, 4) is 0 Å². The van der Waals surface area contributed by atoms with Crippen LogP contribution >= 0.6 is 0 Å². The number of carbonyl (C=O) groups excluding carboxylic acids is 2. The van der Waals surface area contributed by atoms with Crippen LogP contribution < -0.4 is 11.2 Å². The SMILES string of the molecule is CC(=O)CCC(=O)CCO[C@@H]1[C@@H]2O[Si](C(C)C)(C(C)C)O[Si](C(C)C)(C(C)C)OC[C@H]2O[C@H]1n1ccc(=O)[nH]c1=O. The average molecular weight is 613 g/mol. The molecule has 0 radical (unpaired) electrons. The molecule has 13 heteroatoms. The molecule has 2 aliphatic rings. The van der Waals surface area contributed by atoms with E-state index in [1.807, 2.05) is 0 Å². The lowest BCUT2D eigenvalue weighted by Gasteiger charge is -2.51. The van der Waals surface area contributed by atoms with E-state index in [-0.39, 0.29) is 66.2 Å². The summed E-state index contributed by atoms with van der Waals surface area (Å²) in [5.41, 5.74) is -0.717. The summed E-state index contributed by atoms with van der Waals surface area (Å²) in [6.07, 6.45) is -1.10. The molecular weight excluding hydrogens is 564 g/mol. The molecule has 0 bridgehead atoms. The highest BCUT2D eigenvalue weighted by Gasteiger charge is 2.62. The number of hydrogen-bond acceptors (Lipinski definition) is 9. The zero-order valence-corrected chi connectivity index (χ0v) is 27.9. The second kappa shape index (κ2) is 13.7. The van der Waals surface area contributed by atoms with Gasteiger partial charge in [-0.25, -0.2) is 4.79 Å². The van der Waals surface area contributed by atoms with Gasteiger partial charge in [-0.15, -0.1) is 0 Å². The predicted octanol–water partition coefficient (Wildman–Crippen LogP) is 4.10. The summed E-state index contributed by atoms with van der Waals surface area (Å²) < 4.78 is 35.3. The zero-order valence-electron chi connectivity index (χ0n) is 25.9. The minimum absolute atomic E-state index is 0.0437. The number of H-pyrrole nitrogens is 1. The molecule has 4 atom stereocenters. The summed E-state index contributed by atoms with van der Waals surface area (Å²) in [6, 6.07) is 1.25. The van der Waals surface area contributed by atoms with Crippen molar-refractivity contribution in [2.24, 2.45) is 0 Å². The van der Waals surface area contributed by atoms with Gasteiger partial charge >= 0.3 is 22.8 Å². The summed E-state index contributed by atoms with van der Waals surface area (Å²) in [7, 11) is -5.83. The number of nitrogens with one attached hydrogen (secondary N) is 1. The largest absolute Gasteiger partial charge is 0.414 e. The Morgan fingerprint density at radius 3 is 2.12 bits per heavy atom. The van der Waals surface area contributed by atoms with Crippen LogP contribution in [0.5, 0.6) is 0 Å². The molecule has 0 amide bonds. The smallest absolute Gasteiger partial charge is 0.335 e. The first-order valence-corrected chi connectivity index (χ1v) is 18.7. The molecule has 0 saturated carbocycles. The molecule has 1 aromatic rings. The van der Waals surface area contributed by atoms with Crippen LogP contribution in [0.2, 0.25) is 22.2 Å². The topological polar surface area (TPSA) is 135 Å². The van der Waals surface area contributed by atoms with Crippen LogP contribution in [0.4, 0.5) is 0 Å². The van der Waals surface area contributed by atoms with E-state index in [9.17, 15) is 19.2 Å². The zero-order chi connectivity index (χ0) is 30.7. The van der Waals surface area contributed by atoms with Crippen molar-refractivity contribution in [2.45, 2.75) is 128 Å². The summed E-state index contributed by atoms with van der Waals surface area (Å²) in [4.78, 5) is 50.7. The maximum Gasteiger partial charge on any atom is 0.335 e. The van der Waals surface area contributed by atoms with Gasteiger partial charge in [0.1, 0.15) is 29.9 Å². The summed E-state index contributed by atoms with van der Waals surface area (Å²) in [6.45, 7) is 18.7. The molecule has 232 valence electrons. The van der Waals surface area contributed by atoms with Gasteiger partial charge in [0, 0.05) is 31.5 Å². The van der Waals surface area contributed by atoms with Crippen molar-refractivity contribution in [3.05, 3.63) is 33.1 Å². The molecule has 2 saturated heterocycles. The first-order chi connectivity index (χ1) is 19.1. The second-order valence-electron chi connectivity index (χ2n) is 12.5. The Labute approximate surface area is 244 Å². The Kier molecular flexibility index (Phi) is 11.3. The molecule has 0 aromatic carbocycles. The number of rotatable bonds is 12. The second-order valence-corrected chi connectivity index (χ2v) is 21.3. The van der Waals surface area contributed by atoms with Crippen LogP contribution in [-0.4, -0.2) is 69.8 Å². The van der Waals surface area contributed by atoms with Crippen molar-refractivity contribution in [1.29, 1.82) is 0 Å². The molecule has 1 aromatic heterocycles. The quantitative estimate of drug-likeness (QED) is 0.346. The number of aromatic nitrogens is 2. The Hall–Kier alpha value is -1.75. The van der Waals surface area contributed by atoms with Crippen LogP contribution in [0.3, 0.4) is 0 Å². The molecule has 2 fully saturated rings. The third-order valence-corrected chi connectivity index (χ3v) is 18.4. The first-order valence-electron chi connectivity index (χ1n) is 14.8. The highest BCUT2D eigenvalue weighted by Crippen LogP contribution is 2.48. The van der Waals surface area contributed by atoms with E-state index in [1.54, 1.807) is 0 Å². The molecule has 3 rings (SSSR count). The molecule has 3 heterocycles. The van der Waals surface area contributed by atoms with E-state index in [2.05, 4.69) is 60.4 Å². The van der Waals surface area contributed by atoms with Gasteiger partial charge in [0.05, 0.1) is 13.2 Å². The lowest BCUT2D eigenvalue weighted by atomic mass is 10.1. The fraction of sp³-hybridized carbons (Fsp3) is 0.786. The van der Waals surface area contributed by atoms with Crippen LogP contribution in [0.25, 0.3) is 0 Å². The van der Waals surface area contributed by atoms with Crippen LogP contribution in [0, 0.1) is 0 Å². The van der Waals surface area contributed by atoms with E-state index in [0.717, 1.165) is 0 Å². The van der Waals surface area contributed by atoms with Crippen molar-refractivity contribution >= 4 is 28.7 Å². The minimum atomic E-state index is -3.02. The normalized spacial score (nSPS) is 25.9. The molecule has 0 aliphatic carbocycles. The van der Waals surface area contributed by atoms with Gasteiger partial charge in [-0.1, -0.05) is 55.4 Å². The Balaban J connectivity index is 2.04. The average Bonchev–Trinajstić information content (AvgIpc) is 3.18. The van der Waals surface area contributed by atoms with Crippen LogP contribution in [0.1, 0.15) is 87.8 Å². The lowest BCUT2D eigenvalue weighted by molar-refractivity contribution is -0.125. The summed E-state index contributed by atoms with van der Waals surface area (Å²) in [5, 5.41) is 0. The molecule has 41 heavy (non-hydrogen) atoms. The maximum atomic E-state index is 12.9. The van der Waals surface area contributed by atoms with Gasteiger partial charge in [-0.2, -0.15) is 0 Å². The third-order valence-electron chi connectivity index (χ3n) is 8.19.